The molecule has 1 heterocycles. The van der Waals surface area contributed by atoms with Gasteiger partial charge in [-0.3, -0.25) is 4.79 Å². The summed E-state index contributed by atoms with van der Waals surface area (Å²) in [6.45, 7) is 1.82. The molecule has 0 radical (unpaired) electrons. The first-order chi connectivity index (χ1) is 8.15. The molecule has 17 heavy (non-hydrogen) atoms. The SMILES string of the molecule is C[C@@H]1S/C(=N\N=C\c2ccc(Cl)cc2)NC1=O. The molecule has 6 heteroatoms. The van der Waals surface area contributed by atoms with Gasteiger partial charge < -0.3 is 5.32 Å². The predicted molar refractivity (Wildman–Crippen MR) is 71.7 cm³/mol. The summed E-state index contributed by atoms with van der Waals surface area (Å²) in [4.78, 5) is 11.2. The maximum absolute atomic E-state index is 11.2. The number of hydrogen-bond acceptors (Lipinski definition) is 4. The van der Waals surface area contributed by atoms with Gasteiger partial charge in [-0.2, -0.15) is 5.10 Å². The highest BCUT2D eigenvalue weighted by Crippen LogP contribution is 2.18. The quantitative estimate of drug-likeness (QED) is 0.660. The Kier molecular flexibility index (Phi) is 3.81. The van der Waals surface area contributed by atoms with Crippen LogP contribution in [0.4, 0.5) is 0 Å². The third kappa shape index (κ3) is 3.31. The molecule has 0 unspecified atom stereocenters. The first-order valence-electron chi connectivity index (χ1n) is 4.99. The normalized spacial score (nSPS) is 22.4. The van der Waals surface area contributed by atoms with Crippen LogP contribution >= 0.6 is 23.4 Å². The molecular weight excluding hydrogens is 258 g/mol. The smallest absolute Gasteiger partial charge is 0.239 e. The van der Waals surface area contributed by atoms with E-state index in [1.54, 1.807) is 18.3 Å². The number of amidine groups is 1. The van der Waals surface area contributed by atoms with Gasteiger partial charge in [0.2, 0.25) is 5.91 Å². The number of nitrogens with one attached hydrogen (secondary N) is 1. The van der Waals surface area contributed by atoms with Crippen molar-refractivity contribution in [3.63, 3.8) is 0 Å². The minimum Gasteiger partial charge on any atom is -0.303 e. The number of hydrogen-bond donors (Lipinski definition) is 1. The Morgan fingerprint density at radius 3 is 2.71 bits per heavy atom. The van der Waals surface area contributed by atoms with Crippen LogP contribution in [-0.2, 0) is 4.79 Å². The minimum atomic E-state index is -0.0977. The molecule has 0 bridgehead atoms. The highest BCUT2D eigenvalue weighted by Gasteiger charge is 2.25. The monoisotopic (exact) mass is 267 g/mol. The van der Waals surface area contributed by atoms with Gasteiger partial charge in [0.1, 0.15) is 0 Å². The molecular formula is C11H10ClN3OS. The molecule has 1 amide bonds. The summed E-state index contributed by atoms with van der Waals surface area (Å²) in [5, 5.41) is 11.6. The Morgan fingerprint density at radius 1 is 1.41 bits per heavy atom. The van der Waals surface area contributed by atoms with Gasteiger partial charge in [-0.15, -0.1) is 5.10 Å². The van der Waals surface area contributed by atoms with E-state index < -0.39 is 0 Å². The third-order valence-corrected chi connectivity index (χ3v) is 3.34. The summed E-state index contributed by atoms with van der Waals surface area (Å²) in [7, 11) is 0. The lowest BCUT2D eigenvalue weighted by molar-refractivity contribution is -0.118. The summed E-state index contributed by atoms with van der Waals surface area (Å²) in [6, 6.07) is 7.25. The Morgan fingerprint density at radius 2 is 2.12 bits per heavy atom. The minimum absolute atomic E-state index is 0.0320. The summed E-state index contributed by atoms with van der Waals surface area (Å²) in [5.41, 5.74) is 0.904. The van der Waals surface area contributed by atoms with Gasteiger partial charge in [-0.25, -0.2) is 0 Å². The van der Waals surface area contributed by atoms with E-state index >= 15 is 0 Å². The van der Waals surface area contributed by atoms with E-state index in [2.05, 4.69) is 15.5 Å². The van der Waals surface area contributed by atoms with Crippen molar-refractivity contribution in [2.75, 3.05) is 0 Å². The van der Waals surface area contributed by atoms with Gasteiger partial charge in [-0.1, -0.05) is 35.5 Å². The lowest BCUT2D eigenvalue weighted by atomic mass is 10.2. The molecule has 4 nitrogen and oxygen atoms in total. The Hall–Kier alpha value is -1.33. The molecule has 0 saturated carbocycles. The van der Waals surface area contributed by atoms with E-state index in [0.29, 0.717) is 10.2 Å². The van der Waals surface area contributed by atoms with Crippen LogP contribution in [0.5, 0.6) is 0 Å². The second kappa shape index (κ2) is 5.33. The van der Waals surface area contributed by atoms with Gasteiger partial charge in [-0.05, 0) is 24.6 Å². The van der Waals surface area contributed by atoms with E-state index in [-0.39, 0.29) is 11.2 Å². The Bertz CT molecular complexity index is 484. The molecule has 1 aliphatic heterocycles. The van der Waals surface area contributed by atoms with Gasteiger partial charge in [0.15, 0.2) is 5.17 Å². The first-order valence-corrected chi connectivity index (χ1v) is 6.25. The number of benzene rings is 1. The zero-order chi connectivity index (χ0) is 12.3. The maximum atomic E-state index is 11.2. The molecule has 1 aromatic carbocycles. The van der Waals surface area contributed by atoms with Crippen LogP contribution in [0.25, 0.3) is 0 Å². The van der Waals surface area contributed by atoms with E-state index in [4.69, 9.17) is 11.6 Å². The van der Waals surface area contributed by atoms with E-state index in [1.165, 1.54) is 11.8 Å². The second-order valence-corrected chi connectivity index (χ2v) is 5.22. The largest absolute Gasteiger partial charge is 0.303 e. The van der Waals surface area contributed by atoms with Crippen LogP contribution < -0.4 is 5.32 Å². The fourth-order valence-corrected chi connectivity index (χ4v) is 2.08. The van der Waals surface area contributed by atoms with Crippen molar-refractivity contribution in [2.45, 2.75) is 12.2 Å². The van der Waals surface area contributed by atoms with Crippen LogP contribution in [0.15, 0.2) is 34.5 Å². The molecule has 1 saturated heterocycles. The Balaban J connectivity index is 2.00. The standard InChI is InChI=1S/C11H10ClN3OS/c1-7-10(16)14-11(17-7)15-13-6-8-2-4-9(12)5-3-8/h2-7H,1H3,(H,14,15,16)/b13-6+/t7-/m0/s1. The lowest BCUT2D eigenvalue weighted by Crippen LogP contribution is -2.23. The fraction of sp³-hybridized carbons (Fsp3) is 0.182. The van der Waals surface area contributed by atoms with Gasteiger partial charge in [0.05, 0.1) is 11.5 Å². The van der Waals surface area contributed by atoms with Crippen molar-refractivity contribution in [2.24, 2.45) is 10.2 Å². The van der Waals surface area contributed by atoms with Crippen molar-refractivity contribution in [3.8, 4) is 0 Å². The highest BCUT2D eigenvalue weighted by molar-refractivity contribution is 8.15. The van der Waals surface area contributed by atoms with Crippen molar-refractivity contribution >= 4 is 40.7 Å². The van der Waals surface area contributed by atoms with Crippen molar-refractivity contribution in [1.82, 2.24) is 5.32 Å². The van der Waals surface area contributed by atoms with Crippen molar-refractivity contribution < 1.29 is 4.79 Å². The first kappa shape index (κ1) is 12.1. The number of nitrogens with zero attached hydrogens (tertiary/aromatic N) is 2. The van der Waals surface area contributed by atoms with Crippen LogP contribution in [0.3, 0.4) is 0 Å². The van der Waals surface area contributed by atoms with E-state index in [0.717, 1.165) is 5.56 Å². The summed E-state index contributed by atoms with van der Waals surface area (Å²) >= 11 is 7.12. The third-order valence-electron chi connectivity index (χ3n) is 2.11. The molecule has 0 aromatic heterocycles. The molecule has 0 spiro atoms. The molecule has 1 N–H and O–H groups in total. The van der Waals surface area contributed by atoms with Gasteiger partial charge >= 0.3 is 0 Å². The van der Waals surface area contributed by atoms with Crippen molar-refractivity contribution in [3.05, 3.63) is 34.9 Å². The lowest BCUT2D eigenvalue weighted by Gasteiger charge is -1.92. The Labute approximate surface area is 108 Å². The van der Waals surface area contributed by atoms with Crippen LogP contribution in [0.2, 0.25) is 5.02 Å². The number of carbonyl (C=O) groups is 1. The van der Waals surface area contributed by atoms with Crippen LogP contribution in [0, 0.1) is 0 Å². The number of rotatable bonds is 2. The molecule has 1 aliphatic rings. The number of carbonyl (C=O) groups excluding carboxylic acids is 1. The molecule has 1 atom stereocenters. The van der Waals surface area contributed by atoms with Gasteiger partial charge in [0.25, 0.3) is 0 Å². The molecule has 88 valence electrons. The molecule has 2 rings (SSSR count). The number of amides is 1. The van der Waals surface area contributed by atoms with Gasteiger partial charge in [0, 0.05) is 5.02 Å². The fourth-order valence-electron chi connectivity index (χ4n) is 1.20. The summed E-state index contributed by atoms with van der Waals surface area (Å²) in [5.74, 6) is -0.0320. The molecule has 0 aliphatic carbocycles. The zero-order valence-electron chi connectivity index (χ0n) is 9.05. The second-order valence-electron chi connectivity index (χ2n) is 3.45. The average Bonchev–Trinajstić information content (AvgIpc) is 2.61. The summed E-state index contributed by atoms with van der Waals surface area (Å²) in [6.07, 6.45) is 1.61. The molecule has 1 aromatic rings. The zero-order valence-corrected chi connectivity index (χ0v) is 10.6. The van der Waals surface area contributed by atoms with E-state index in [1.807, 2.05) is 19.1 Å². The van der Waals surface area contributed by atoms with Crippen molar-refractivity contribution in [1.29, 1.82) is 0 Å². The predicted octanol–water partition coefficient (Wildman–Crippen LogP) is 2.28. The van der Waals surface area contributed by atoms with Crippen LogP contribution in [-0.4, -0.2) is 22.5 Å². The van der Waals surface area contributed by atoms with Crippen LogP contribution in [0.1, 0.15) is 12.5 Å². The highest BCUT2D eigenvalue weighted by atomic mass is 35.5. The topological polar surface area (TPSA) is 53.8 Å². The maximum Gasteiger partial charge on any atom is 0.239 e. The van der Waals surface area contributed by atoms with E-state index in [9.17, 15) is 4.79 Å². The molecule has 1 fully saturated rings. The number of thioether (sulfide) groups is 1. The average molecular weight is 268 g/mol. The number of halogens is 1. The summed E-state index contributed by atoms with van der Waals surface area (Å²) < 4.78 is 0.